The first-order valence-corrected chi connectivity index (χ1v) is 8.34. The minimum atomic E-state index is -0.273. The molecule has 1 amide bonds. The van der Waals surface area contributed by atoms with E-state index in [1.807, 2.05) is 36.6 Å². The number of carbonyl (C=O) groups is 1. The van der Waals surface area contributed by atoms with Gasteiger partial charge in [-0.1, -0.05) is 12.1 Å². The highest BCUT2D eigenvalue weighted by atomic mass is 32.2. The normalized spacial score (nSPS) is 18.2. The fourth-order valence-electron chi connectivity index (χ4n) is 2.83. The van der Waals surface area contributed by atoms with Gasteiger partial charge < -0.3 is 4.57 Å². The first-order valence-electron chi connectivity index (χ1n) is 7.52. The molecule has 0 saturated carbocycles. The van der Waals surface area contributed by atoms with Gasteiger partial charge in [0.2, 0.25) is 0 Å². The van der Waals surface area contributed by atoms with E-state index in [0.29, 0.717) is 15.8 Å². The fraction of sp³-hybridized carbons (Fsp3) is 0.222. The molecule has 4 nitrogen and oxygen atoms in total. The summed E-state index contributed by atoms with van der Waals surface area (Å²) in [6, 6.07) is 8.64. The van der Waals surface area contributed by atoms with Crippen LogP contribution in [0.2, 0.25) is 0 Å². The van der Waals surface area contributed by atoms with Gasteiger partial charge in [0.05, 0.1) is 10.6 Å². The van der Waals surface area contributed by atoms with E-state index in [-0.39, 0.29) is 11.7 Å². The second-order valence-electron chi connectivity index (χ2n) is 5.59. The number of aryl methyl sites for hydroxylation is 1. The number of likely N-dealkylation sites (N-methyl/N-ethyl adjacent to an activating group) is 1. The minimum absolute atomic E-state index is 0.0729. The molecule has 0 unspecified atom stereocenters. The molecular formula is C18H18FN3OS. The van der Waals surface area contributed by atoms with Crippen LogP contribution < -0.4 is 0 Å². The van der Waals surface area contributed by atoms with E-state index in [0.717, 1.165) is 17.0 Å². The zero-order valence-electron chi connectivity index (χ0n) is 14.0. The number of aromatic nitrogens is 1. The smallest absolute Gasteiger partial charge is 0.266 e. The maximum Gasteiger partial charge on any atom is 0.266 e. The molecule has 0 bridgehead atoms. The fourth-order valence-corrected chi connectivity index (χ4v) is 3.75. The molecule has 0 spiro atoms. The molecule has 1 aromatic heterocycles. The van der Waals surface area contributed by atoms with Gasteiger partial charge >= 0.3 is 0 Å². The topological polar surface area (TPSA) is 37.6 Å². The molecule has 1 aliphatic rings. The van der Waals surface area contributed by atoms with Gasteiger partial charge in [-0.2, -0.15) is 0 Å². The summed E-state index contributed by atoms with van der Waals surface area (Å²) in [5.74, 6) is -0.346. The molecule has 2 heterocycles. The largest absolute Gasteiger partial charge is 0.315 e. The Morgan fingerprint density at radius 1 is 1.25 bits per heavy atom. The second-order valence-corrected chi connectivity index (χ2v) is 6.60. The average molecular weight is 343 g/mol. The number of carbonyl (C=O) groups excluding carboxylic acids is 1. The number of hydrogen-bond donors (Lipinski definition) is 0. The SMILES string of the molecule is CN=C1S/C(=C/c2cc(C)n(-c3ccccc3F)c2C)C(=O)N1C. The van der Waals surface area contributed by atoms with Gasteiger partial charge in [-0.05, 0) is 55.4 Å². The van der Waals surface area contributed by atoms with Crippen LogP contribution in [0.3, 0.4) is 0 Å². The molecule has 0 aliphatic carbocycles. The summed E-state index contributed by atoms with van der Waals surface area (Å²) in [6.45, 7) is 3.85. The quantitative estimate of drug-likeness (QED) is 0.779. The van der Waals surface area contributed by atoms with E-state index < -0.39 is 0 Å². The lowest BCUT2D eigenvalue weighted by Gasteiger charge is -2.10. The zero-order valence-corrected chi connectivity index (χ0v) is 14.8. The highest BCUT2D eigenvalue weighted by Gasteiger charge is 2.30. The Hall–Kier alpha value is -2.34. The highest BCUT2D eigenvalue weighted by Crippen LogP contribution is 2.33. The number of amidine groups is 1. The lowest BCUT2D eigenvalue weighted by atomic mass is 10.2. The Kier molecular flexibility index (Phi) is 4.32. The van der Waals surface area contributed by atoms with Gasteiger partial charge in [-0.15, -0.1) is 0 Å². The average Bonchev–Trinajstić information content (AvgIpc) is 2.99. The molecule has 124 valence electrons. The van der Waals surface area contributed by atoms with E-state index in [1.165, 1.54) is 22.7 Å². The number of rotatable bonds is 2. The van der Waals surface area contributed by atoms with Gasteiger partial charge in [-0.3, -0.25) is 14.7 Å². The Morgan fingerprint density at radius 2 is 1.96 bits per heavy atom. The zero-order chi connectivity index (χ0) is 17.4. The molecular weight excluding hydrogens is 325 g/mol. The summed E-state index contributed by atoms with van der Waals surface area (Å²) in [6.07, 6.45) is 1.85. The van der Waals surface area contributed by atoms with Crippen LogP contribution in [0.25, 0.3) is 11.8 Å². The Labute approximate surface area is 144 Å². The van der Waals surface area contributed by atoms with E-state index in [4.69, 9.17) is 0 Å². The number of aliphatic imine (C=N–C) groups is 1. The summed E-state index contributed by atoms with van der Waals surface area (Å²) in [5.41, 5.74) is 3.22. The number of thioether (sulfide) groups is 1. The predicted molar refractivity (Wildman–Crippen MR) is 96.9 cm³/mol. The second kappa shape index (κ2) is 6.28. The van der Waals surface area contributed by atoms with Crippen molar-refractivity contribution in [2.24, 2.45) is 4.99 Å². The summed E-state index contributed by atoms with van der Waals surface area (Å²) in [4.78, 5) is 18.6. The van der Waals surface area contributed by atoms with Crippen molar-refractivity contribution < 1.29 is 9.18 Å². The molecule has 0 N–H and O–H groups in total. The van der Waals surface area contributed by atoms with E-state index in [1.54, 1.807) is 26.2 Å². The van der Waals surface area contributed by atoms with E-state index >= 15 is 0 Å². The maximum absolute atomic E-state index is 14.1. The van der Waals surface area contributed by atoms with Crippen LogP contribution in [0, 0.1) is 19.7 Å². The van der Waals surface area contributed by atoms with Crippen LogP contribution in [0.4, 0.5) is 4.39 Å². The molecule has 24 heavy (non-hydrogen) atoms. The number of halogens is 1. The van der Waals surface area contributed by atoms with Crippen LogP contribution in [-0.2, 0) is 4.79 Å². The van der Waals surface area contributed by atoms with Crippen molar-refractivity contribution in [1.29, 1.82) is 0 Å². The molecule has 0 radical (unpaired) electrons. The van der Waals surface area contributed by atoms with Crippen LogP contribution >= 0.6 is 11.8 Å². The highest BCUT2D eigenvalue weighted by molar-refractivity contribution is 8.18. The van der Waals surface area contributed by atoms with Crippen molar-refractivity contribution in [3.63, 3.8) is 0 Å². The molecule has 3 rings (SSSR count). The van der Waals surface area contributed by atoms with Gasteiger partial charge in [0.25, 0.3) is 5.91 Å². The van der Waals surface area contributed by atoms with Gasteiger partial charge in [0, 0.05) is 25.5 Å². The Bertz CT molecular complexity index is 882. The molecule has 1 aliphatic heterocycles. The minimum Gasteiger partial charge on any atom is -0.315 e. The van der Waals surface area contributed by atoms with Crippen LogP contribution in [0.1, 0.15) is 17.0 Å². The van der Waals surface area contributed by atoms with E-state index in [2.05, 4.69) is 4.99 Å². The molecule has 0 atom stereocenters. The van der Waals surface area contributed by atoms with E-state index in [9.17, 15) is 9.18 Å². The third-order valence-corrected chi connectivity index (χ3v) is 5.20. The van der Waals surface area contributed by atoms with Crippen molar-refractivity contribution in [2.75, 3.05) is 14.1 Å². The number of nitrogens with zero attached hydrogens (tertiary/aromatic N) is 3. The Morgan fingerprint density at radius 3 is 2.58 bits per heavy atom. The number of hydrogen-bond acceptors (Lipinski definition) is 3. The van der Waals surface area contributed by atoms with Crippen molar-refractivity contribution in [1.82, 2.24) is 9.47 Å². The number of benzene rings is 1. The molecule has 1 saturated heterocycles. The van der Waals surface area contributed by atoms with Crippen LogP contribution in [-0.4, -0.2) is 34.6 Å². The maximum atomic E-state index is 14.1. The standard InChI is InChI=1S/C18H18FN3OS/c1-11-9-13(10-16-17(23)21(4)18(20-3)24-16)12(2)22(11)15-8-6-5-7-14(15)19/h5-10H,1-4H3/b16-10+,20-18?. The third kappa shape index (κ3) is 2.67. The molecule has 6 heteroatoms. The van der Waals surface area contributed by atoms with Gasteiger partial charge in [0.15, 0.2) is 5.17 Å². The summed E-state index contributed by atoms with van der Waals surface area (Å²) >= 11 is 1.35. The summed E-state index contributed by atoms with van der Waals surface area (Å²) in [5, 5.41) is 0.675. The first kappa shape index (κ1) is 16.5. The van der Waals surface area contributed by atoms with Crippen molar-refractivity contribution in [3.05, 3.63) is 58.0 Å². The van der Waals surface area contributed by atoms with Crippen LogP contribution in [0.15, 0.2) is 40.2 Å². The third-order valence-electron chi connectivity index (χ3n) is 4.05. The molecule has 1 aromatic carbocycles. The van der Waals surface area contributed by atoms with Gasteiger partial charge in [0.1, 0.15) is 5.82 Å². The lowest BCUT2D eigenvalue weighted by molar-refractivity contribution is -0.121. The number of amides is 1. The summed E-state index contributed by atoms with van der Waals surface area (Å²) < 4.78 is 16.0. The van der Waals surface area contributed by atoms with Crippen LogP contribution in [0.5, 0.6) is 0 Å². The predicted octanol–water partition coefficient (Wildman–Crippen LogP) is 3.77. The Balaban J connectivity index is 2.07. The lowest BCUT2D eigenvalue weighted by Crippen LogP contribution is -2.23. The van der Waals surface area contributed by atoms with Crippen molar-refractivity contribution in [2.45, 2.75) is 13.8 Å². The van der Waals surface area contributed by atoms with Crippen molar-refractivity contribution in [3.8, 4) is 5.69 Å². The van der Waals surface area contributed by atoms with Gasteiger partial charge in [-0.25, -0.2) is 4.39 Å². The molecule has 1 fully saturated rings. The first-order chi connectivity index (χ1) is 11.4. The molecule has 2 aromatic rings. The summed E-state index contributed by atoms with van der Waals surface area (Å²) in [7, 11) is 3.38. The van der Waals surface area contributed by atoms with Crippen molar-refractivity contribution >= 4 is 28.9 Å². The monoisotopic (exact) mass is 343 g/mol. The number of para-hydroxylation sites is 1.